The second kappa shape index (κ2) is 87.7. The van der Waals surface area contributed by atoms with Gasteiger partial charge in [0.2, 0.25) is 0 Å². The molecule has 0 aromatic rings. The fourth-order valence-electron chi connectivity index (χ4n) is 0.362. The molecule has 200 valence electrons. The number of ether oxygens (including phenoxy) is 2. The van der Waals surface area contributed by atoms with Crippen LogP contribution < -0.4 is 16.0 Å². The summed E-state index contributed by atoms with van der Waals surface area (Å²) in [5.41, 5.74) is 0. The molecule has 0 spiro atoms. The standard InChI is InChI=1S/C4H11N.C3H9NO.C3H9N.C3H8O.C3H6O.C2H7N.C2H6O.C2H6S/c1-3-4-5-2;1-4-2-3-5;1-4(2)3;1-3-4-2;1-3(2)4;3*1-3-2/h5H,3-4H2,1-2H3;4-5H,2-3H2,1H3;1-3H3;3H2,1-2H3;1-2H3;3H,1-2H3;2*1-2H3. The second-order valence-electron chi connectivity index (χ2n) is 6.07. The Balaban J connectivity index is -0.0000000328. The SMILES string of the molecule is CC(C)=O.CCCNC.CCOC.CN(C)C.CNC.CNCCO.COC.CSC. The lowest BCUT2D eigenvalue weighted by Crippen LogP contribution is -2.10. The number of hydrogen-bond acceptors (Lipinski definition) is 9. The van der Waals surface area contributed by atoms with Crippen LogP contribution in [0.3, 0.4) is 0 Å². The van der Waals surface area contributed by atoms with Gasteiger partial charge >= 0.3 is 0 Å². The number of carbonyl (C=O) groups is 1. The lowest BCUT2D eigenvalue weighted by atomic mass is 10.5. The molecule has 0 saturated carbocycles. The lowest BCUT2D eigenvalue weighted by molar-refractivity contribution is -0.114. The number of Topliss-reactive ketones (excluding diaryl/α,β-unsaturated/α-hetero) is 1. The summed E-state index contributed by atoms with van der Waals surface area (Å²) in [7, 11) is 18.4. The van der Waals surface area contributed by atoms with Crippen LogP contribution in [0.2, 0.25) is 0 Å². The van der Waals surface area contributed by atoms with Gasteiger partial charge in [-0.05, 0) is 95.6 Å². The Morgan fingerprint density at radius 3 is 1.10 bits per heavy atom. The maximum Gasteiger partial charge on any atom is 0.126 e. The first kappa shape index (κ1) is 52.6. The molecule has 4 N–H and O–H groups in total. The van der Waals surface area contributed by atoms with Gasteiger partial charge in [0.05, 0.1) is 6.61 Å². The number of hydrogen-bond donors (Lipinski definition) is 4. The maximum absolute atomic E-state index is 9.44. The smallest absolute Gasteiger partial charge is 0.126 e. The van der Waals surface area contributed by atoms with Crippen molar-refractivity contribution >= 4 is 17.5 Å². The molecule has 0 saturated heterocycles. The summed E-state index contributed by atoms with van der Waals surface area (Å²) in [6.45, 7) is 10.0. The number of rotatable bonds is 5. The second-order valence-corrected chi connectivity index (χ2v) is 6.89. The van der Waals surface area contributed by atoms with Crippen molar-refractivity contribution in [2.75, 3.05) is 109 Å². The van der Waals surface area contributed by atoms with Crippen LogP contribution in [0.25, 0.3) is 0 Å². The molecule has 0 aliphatic rings. The maximum atomic E-state index is 9.44. The summed E-state index contributed by atoms with van der Waals surface area (Å²) in [5.74, 6) is 0.167. The number of methoxy groups -OCH3 is 2. The van der Waals surface area contributed by atoms with E-state index < -0.39 is 0 Å². The summed E-state index contributed by atoms with van der Waals surface area (Å²) in [5, 5.41) is 16.5. The molecule has 0 unspecified atom stereocenters. The van der Waals surface area contributed by atoms with Crippen LogP contribution >= 0.6 is 11.8 Å². The molecule has 0 radical (unpaired) electrons. The molecule has 0 amide bonds. The molecule has 0 aliphatic heterocycles. The van der Waals surface area contributed by atoms with Gasteiger partial charge < -0.3 is 40.2 Å². The van der Waals surface area contributed by atoms with Crippen molar-refractivity contribution in [1.82, 2.24) is 20.9 Å². The lowest BCUT2D eigenvalue weighted by Gasteiger charge is -1.90. The minimum Gasteiger partial charge on any atom is -0.395 e. The van der Waals surface area contributed by atoms with Crippen LogP contribution in [0.5, 0.6) is 0 Å². The largest absolute Gasteiger partial charge is 0.395 e. The summed E-state index contributed by atoms with van der Waals surface area (Å²) in [6, 6.07) is 0. The van der Waals surface area contributed by atoms with Crippen LogP contribution in [-0.2, 0) is 14.3 Å². The third-order valence-electron chi connectivity index (χ3n) is 1.15. The van der Waals surface area contributed by atoms with E-state index in [0.717, 1.165) is 13.2 Å². The van der Waals surface area contributed by atoms with E-state index in [9.17, 15) is 4.79 Å². The third kappa shape index (κ3) is 1020. The molecule has 0 fully saturated rings. The number of likely N-dealkylation sites (N-methyl/N-ethyl adjacent to an activating group) is 1. The zero-order chi connectivity index (χ0) is 26.9. The van der Waals surface area contributed by atoms with Crippen molar-refractivity contribution in [3.8, 4) is 0 Å². The first-order valence-electron chi connectivity index (χ1n) is 10.3. The Morgan fingerprint density at radius 2 is 1.10 bits per heavy atom. The van der Waals surface area contributed by atoms with E-state index in [1.165, 1.54) is 20.3 Å². The first-order valence-corrected chi connectivity index (χ1v) is 11.9. The molecule has 0 rings (SSSR count). The quantitative estimate of drug-likeness (QED) is 0.475. The number of aliphatic hydroxyl groups is 1. The molecule has 9 heteroatoms. The molecule has 31 heavy (non-hydrogen) atoms. The van der Waals surface area contributed by atoms with E-state index in [1.54, 1.807) is 40.1 Å². The molecule has 0 heterocycles. The number of aliphatic hydroxyl groups excluding tert-OH is 1. The highest BCUT2D eigenvalue weighted by molar-refractivity contribution is 7.97. The molecular weight excluding hydrogens is 416 g/mol. The predicted octanol–water partition coefficient (Wildman–Crippen LogP) is 2.32. The number of carbonyl (C=O) groups excluding carboxylic acids is 1. The zero-order valence-electron chi connectivity index (χ0n) is 24.1. The van der Waals surface area contributed by atoms with Crippen molar-refractivity contribution in [2.24, 2.45) is 0 Å². The van der Waals surface area contributed by atoms with Crippen LogP contribution in [-0.4, -0.2) is 125 Å². The van der Waals surface area contributed by atoms with Crippen molar-refractivity contribution in [3.05, 3.63) is 0 Å². The summed E-state index contributed by atoms with van der Waals surface area (Å²) < 4.78 is 8.79. The Bertz CT molecular complexity index is 183. The normalized spacial score (nSPS) is 7.42. The van der Waals surface area contributed by atoms with E-state index in [4.69, 9.17) is 5.11 Å². The highest BCUT2D eigenvalue weighted by atomic mass is 32.2. The fraction of sp³-hybridized carbons (Fsp3) is 0.955. The highest BCUT2D eigenvalue weighted by Gasteiger charge is 1.66. The highest BCUT2D eigenvalue weighted by Crippen LogP contribution is 1.70. The molecule has 0 aromatic heterocycles. The number of nitrogens with one attached hydrogen (secondary N) is 3. The average molecular weight is 479 g/mol. The Hall–Kier alpha value is -0.260. The molecule has 0 atom stereocenters. The van der Waals surface area contributed by atoms with Gasteiger partial charge in [-0.2, -0.15) is 11.8 Å². The summed E-state index contributed by atoms with van der Waals surface area (Å²) in [6.07, 6.45) is 5.32. The topological polar surface area (TPSA) is 95.1 Å². The zero-order valence-corrected chi connectivity index (χ0v) is 24.9. The van der Waals surface area contributed by atoms with Crippen LogP contribution in [0.15, 0.2) is 0 Å². The first-order chi connectivity index (χ1) is 14.4. The molecule has 8 nitrogen and oxygen atoms in total. The van der Waals surface area contributed by atoms with Gasteiger partial charge in [0.25, 0.3) is 0 Å². The summed E-state index contributed by atoms with van der Waals surface area (Å²) in [4.78, 5) is 11.4. The minimum absolute atomic E-state index is 0.167. The van der Waals surface area contributed by atoms with Gasteiger partial charge in [0, 0.05) is 34.5 Å². The van der Waals surface area contributed by atoms with Crippen molar-refractivity contribution in [3.63, 3.8) is 0 Å². The van der Waals surface area contributed by atoms with Gasteiger partial charge in [0.1, 0.15) is 5.78 Å². The van der Waals surface area contributed by atoms with E-state index in [0.29, 0.717) is 6.54 Å². The van der Waals surface area contributed by atoms with Gasteiger partial charge in [-0.25, -0.2) is 0 Å². The van der Waals surface area contributed by atoms with Crippen LogP contribution in [0.4, 0.5) is 0 Å². The molecule has 0 aromatic carbocycles. The van der Waals surface area contributed by atoms with E-state index in [-0.39, 0.29) is 12.4 Å². The van der Waals surface area contributed by atoms with Gasteiger partial charge in [0.15, 0.2) is 0 Å². The Labute approximate surface area is 201 Å². The predicted molar refractivity (Wildman–Crippen MR) is 146 cm³/mol. The summed E-state index contributed by atoms with van der Waals surface area (Å²) >= 11 is 1.75. The average Bonchev–Trinajstić information content (AvgIpc) is 2.65. The van der Waals surface area contributed by atoms with Crippen molar-refractivity contribution < 1.29 is 19.4 Å². The van der Waals surface area contributed by atoms with E-state index >= 15 is 0 Å². The molecular formula is C22H62N4O4S. The molecule has 0 bridgehead atoms. The van der Waals surface area contributed by atoms with Crippen molar-refractivity contribution in [2.45, 2.75) is 34.1 Å². The van der Waals surface area contributed by atoms with E-state index in [2.05, 4.69) is 32.3 Å². The van der Waals surface area contributed by atoms with Crippen molar-refractivity contribution in [1.29, 1.82) is 0 Å². The fourth-order valence-corrected chi connectivity index (χ4v) is 0.362. The monoisotopic (exact) mass is 478 g/mol. The molecule has 0 aliphatic carbocycles. The number of thioether (sulfide) groups is 1. The van der Waals surface area contributed by atoms with Crippen LogP contribution in [0, 0.1) is 0 Å². The van der Waals surface area contributed by atoms with E-state index in [1.807, 2.05) is 66.6 Å². The van der Waals surface area contributed by atoms with Gasteiger partial charge in [-0.1, -0.05) is 6.92 Å². The Kier molecular flexibility index (Phi) is 149. The number of nitrogens with zero attached hydrogens (tertiary/aromatic N) is 1. The minimum atomic E-state index is 0.167. The van der Waals surface area contributed by atoms with Crippen LogP contribution in [0.1, 0.15) is 34.1 Å². The third-order valence-corrected chi connectivity index (χ3v) is 1.15. The van der Waals surface area contributed by atoms with Gasteiger partial charge in [-0.3, -0.25) is 0 Å². The number of ketones is 1. The Morgan fingerprint density at radius 1 is 0.903 bits per heavy atom. The van der Waals surface area contributed by atoms with Gasteiger partial charge in [-0.15, -0.1) is 0 Å².